The molecule has 8 atom stereocenters. The third-order valence-electron chi connectivity index (χ3n) is 12.3. The number of nitrogens with zero attached hydrogens (tertiary/aromatic N) is 3. The number of ketones is 1. The number of benzene rings is 2. The van der Waals surface area contributed by atoms with Crippen LogP contribution in [0.5, 0.6) is 0 Å². The summed E-state index contributed by atoms with van der Waals surface area (Å²) in [6.45, 7) is 6.48. The maximum atomic E-state index is 14.6. The largest absolute Gasteiger partial charge is 0.370 e. The van der Waals surface area contributed by atoms with Gasteiger partial charge in [-0.15, -0.1) is 0 Å². The molecule has 0 saturated carbocycles. The first kappa shape index (κ1) is 55.9. The minimum absolute atomic E-state index is 0.0100. The zero-order chi connectivity index (χ0) is 53.5. The van der Waals surface area contributed by atoms with Gasteiger partial charge < -0.3 is 58.7 Å². The van der Waals surface area contributed by atoms with E-state index in [1.165, 1.54) is 26.4 Å². The Kier molecular flexibility index (Phi) is 20.0. The number of urea groups is 1. The van der Waals surface area contributed by atoms with E-state index in [2.05, 4.69) is 57.2 Å². The Labute approximate surface area is 435 Å². The second-order valence-electron chi connectivity index (χ2n) is 18.6. The number of Topliss-reactive ketones (excluding diaryl/α,β-unsaturated/α-hetero) is 1. The number of hydrogen-bond donors (Lipinski definition) is 11. The van der Waals surface area contributed by atoms with Gasteiger partial charge in [0.25, 0.3) is 5.91 Å². The van der Waals surface area contributed by atoms with Crippen molar-refractivity contribution < 1.29 is 43.2 Å². The number of aromatic amines is 2. The lowest BCUT2D eigenvalue weighted by Gasteiger charge is -2.28. The predicted molar refractivity (Wildman–Crippen MR) is 280 cm³/mol. The van der Waals surface area contributed by atoms with Gasteiger partial charge in [-0.25, -0.2) is 14.7 Å². The van der Waals surface area contributed by atoms with Crippen LogP contribution in [0, 0.1) is 5.92 Å². The molecule has 25 heteroatoms. The van der Waals surface area contributed by atoms with Crippen molar-refractivity contribution in [2.24, 2.45) is 22.4 Å². The molecule has 2 aliphatic heterocycles. The number of nitrogens with one attached hydrogen (secondary N) is 9. The SMILES string of the molecule is CC(=O)[C@@H]1CSSC[C@H](N2C(=O)N[C@@H](CC(C)C)C2=O)C(=O)N[C@H](C)C(=O)N[C@@H](Cc2cnc[nH]2)C(=O)N[C@H](Cc2ccccc2)C(=O)N[C@@H](CCCN=C(N)N)C(=O)N[C@@H](Cc2c[nH]c3ccccc23)C(=O)N1. The number of H-pyrrole nitrogens is 2. The number of aliphatic imine (C=N–C) groups is 1. The fraction of sp³-hybridized carbons (Fsp3) is 0.449. The maximum absolute atomic E-state index is 14.6. The molecular formula is C49H64N14O9S2. The van der Waals surface area contributed by atoms with Crippen LogP contribution in [0.25, 0.3) is 10.9 Å². The van der Waals surface area contributed by atoms with Gasteiger partial charge in [0.1, 0.15) is 42.3 Å². The second-order valence-corrected chi connectivity index (χ2v) is 21.1. The Hall–Kier alpha value is -7.41. The van der Waals surface area contributed by atoms with Crippen LogP contribution < -0.4 is 48.7 Å². The Morgan fingerprint density at radius 1 is 0.716 bits per heavy atom. The van der Waals surface area contributed by atoms with Gasteiger partial charge in [-0.3, -0.25) is 43.3 Å². The van der Waals surface area contributed by atoms with Gasteiger partial charge in [0.2, 0.25) is 35.4 Å². The number of aromatic nitrogens is 3. The van der Waals surface area contributed by atoms with Crippen molar-refractivity contribution in [2.75, 3.05) is 18.1 Å². The van der Waals surface area contributed by atoms with E-state index >= 15 is 0 Å². The maximum Gasteiger partial charge on any atom is 0.325 e. The van der Waals surface area contributed by atoms with E-state index in [1.54, 1.807) is 36.5 Å². The van der Waals surface area contributed by atoms with Gasteiger partial charge in [-0.1, -0.05) is 84.0 Å². The molecular weight excluding hydrogens is 993 g/mol. The average Bonchev–Trinajstić information content (AvgIpc) is 4.10. The molecule has 0 unspecified atom stereocenters. The van der Waals surface area contributed by atoms with Gasteiger partial charge in [-0.2, -0.15) is 0 Å². The van der Waals surface area contributed by atoms with Crippen molar-refractivity contribution in [3.63, 3.8) is 0 Å². The molecule has 6 rings (SSSR count). The van der Waals surface area contributed by atoms with Gasteiger partial charge in [0.15, 0.2) is 11.7 Å². The Morgan fingerprint density at radius 2 is 1.34 bits per heavy atom. The van der Waals surface area contributed by atoms with Crippen molar-refractivity contribution in [1.29, 1.82) is 0 Å². The van der Waals surface area contributed by atoms with Crippen LogP contribution in [0.15, 0.2) is 78.3 Å². The molecule has 0 aliphatic carbocycles. The minimum Gasteiger partial charge on any atom is -0.370 e. The lowest BCUT2D eigenvalue weighted by molar-refractivity contribution is -0.137. The van der Waals surface area contributed by atoms with Crippen LogP contribution in [-0.2, 0) is 57.6 Å². The molecule has 4 aromatic rings. The number of carbonyl (C=O) groups excluding carboxylic acids is 9. The number of amides is 9. The number of nitrogens with two attached hydrogens (primary N) is 2. The summed E-state index contributed by atoms with van der Waals surface area (Å²) in [7, 11) is 2.14. The molecule has 13 N–H and O–H groups in total. The van der Waals surface area contributed by atoms with Crippen LogP contribution in [0.2, 0.25) is 0 Å². The summed E-state index contributed by atoms with van der Waals surface area (Å²) in [4.78, 5) is 142. The second kappa shape index (κ2) is 26.5. The van der Waals surface area contributed by atoms with E-state index in [0.29, 0.717) is 23.2 Å². The molecule has 2 aliphatic rings. The first-order valence-electron chi connectivity index (χ1n) is 24.2. The van der Waals surface area contributed by atoms with Crippen molar-refractivity contribution in [2.45, 2.75) is 115 Å². The summed E-state index contributed by atoms with van der Waals surface area (Å²) < 4.78 is 0. The third kappa shape index (κ3) is 15.6. The highest BCUT2D eigenvalue weighted by molar-refractivity contribution is 8.76. The summed E-state index contributed by atoms with van der Waals surface area (Å²) in [5.74, 6) is -6.28. The van der Waals surface area contributed by atoms with Gasteiger partial charge in [0, 0.05) is 66.3 Å². The molecule has 23 nitrogen and oxygen atoms in total. The van der Waals surface area contributed by atoms with Gasteiger partial charge in [-0.05, 0) is 56.2 Å². The zero-order valence-electron chi connectivity index (χ0n) is 41.5. The Morgan fingerprint density at radius 3 is 2.01 bits per heavy atom. The standard InChI is InChI=1S/C49H64N14O9S2/c1-26(2)17-38-47(71)63(49(72)62-38)40-24-74-73-23-39(28(4)64)61-44(68)36(19-30-21-54-33-14-9-8-13-32(30)33)60-42(66)34(15-10-16-53-48(50)51)57-43(67)35(18-29-11-6-5-7-12-29)59-45(69)37(20-31-22-52-25-55-31)58-41(65)27(3)56-46(40)70/h5-9,11-14,21-22,25-27,34-40,54H,10,15-20,23-24H2,1-4H3,(H,52,55)(H,56,70)(H,57,67)(H,58,65)(H,59,69)(H,60,66)(H,61,68)(H,62,72)(H4,50,51,53)/t27-,34+,35-,36+,37+,38+,39+,40+/m1/s1. The van der Waals surface area contributed by atoms with E-state index in [-0.39, 0.29) is 62.0 Å². The van der Waals surface area contributed by atoms with Gasteiger partial charge >= 0.3 is 6.03 Å². The first-order valence-corrected chi connectivity index (χ1v) is 26.7. The highest BCUT2D eigenvalue weighted by Crippen LogP contribution is 2.28. The molecule has 2 aromatic carbocycles. The zero-order valence-corrected chi connectivity index (χ0v) is 43.1. The highest BCUT2D eigenvalue weighted by atomic mass is 33.1. The van der Waals surface area contributed by atoms with Crippen molar-refractivity contribution in [3.8, 4) is 0 Å². The number of imide groups is 1. The number of rotatable bonds is 14. The fourth-order valence-electron chi connectivity index (χ4n) is 8.38. The average molecular weight is 1060 g/mol. The van der Waals surface area contributed by atoms with E-state index < -0.39 is 101 Å². The minimum atomic E-state index is -1.45. The first-order chi connectivity index (χ1) is 35.4. The highest BCUT2D eigenvalue weighted by Gasteiger charge is 2.45. The molecule has 2 fully saturated rings. The fourth-order valence-corrected chi connectivity index (χ4v) is 10.8. The molecule has 4 heterocycles. The summed E-state index contributed by atoms with van der Waals surface area (Å²) in [5, 5.41) is 19.9. The molecule has 0 spiro atoms. The molecule has 0 radical (unpaired) electrons. The molecule has 2 saturated heterocycles. The molecule has 9 amide bonds. The number of fused-ring (bicyclic) bond motifs is 1. The van der Waals surface area contributed by atoms with Crippen LogP contribution in [-0.4, -0.2) is 145 Å². The van der Waals surface area contributed by atoms with E-state index in [1.807, 2.05) is 38.1 Å². The third-order valence-corrected chi connectivity index (χ3v) is 14.7. The summed E-state index contributed by atoms with van der Waals surface area (Å²) >= 11 is 0. The molecule has 2 aromatic heterocycles. The van der Waals surface area contributed by atoms with Crippen LogP contribution >= 0.6 is 21.6 Å². The summed E-state index contributed by atoms with van der Waals surface area (Å²) in [6, 6.07) is 5.09. The van der Waals surface area contributed by atoms with Gasteiger partial charge in [0.05, 0.1) is 12.4 Å². The monoisotopic (exact) mass is 1060 g/mol. The summed E-state index contributed by atoms with van der Waals surface area (Å²) in [6.07, 6.45) is 4.72. The molecule has 74 heavy (non-hydrogen) atoms. The summed E-state index contributed by atoms with van der Waals surface area (Å²) in [5.41, 5.74) is 13.7. The van der Waals surface area contributed by atoms with Crippen molar-refractivity contribution >= 4 is 91.6 Å². The van der Waals surface area contributed by atoms with Crippen molar-refractivity contribution in [3.05, 3.63) is 90.1 Å². The number of hydrogen-bond acceptors (Lipinski definition) is 13. The number of para-hydroxylation sites is 1. The normalized spacial score (nSPS) is 24.3. The van der Waals surface area contributed by atoms with Crippen LogP contribution in [0.1, 0.15) is 63.8 Å². The number of carbonyl (C=O) groups is 9. The molecule has 0 bridgehead atoms. The number of guanidine groups is 1. The van der Waals surface area contributed by atoms with Crippen molar-refractivity contribution in [1.82, 2.24) is 57.1 Å². The Balaban J connectivity index is 1.39. The van der Waals surface area contributed by atoms with E-state index in [4.69, 9.17) is 11.5 Å². The van der Waals surface area contributed by atoms with E-state index in [9.17, 15) is 43.2 Å². The predicted octanol–water partition coefficient (Wildman–Crippen LogP) is 0.220. The Bertz CT molecular complexity index is 2680. The van der Waals surface area contributed by atoms with Crippen LogP contribution in [0.3, 0.4) is 0 Å². The quantitative estimate of drug-likeness (QED) is 0.0265. The lowest BCUT2D eigenvalue weighted by atomic mass is 10.0. The smallest absolute Gasteiger partial charge is 0.325 e. The van der Waals surface area contributed by atoms with E-state index in [0.717, 1.165) is 37.4 Å². The topological polar surface area (TPSA) is 350 Å². The number of imidazole rings is 1. The lowest BCUT2D eigenvalue weighted by Crippen LogP contribution is -2.60. The van der Waals surface area contributed by atoms with Crippen LogP contribution in [0.4, 0.5) is 4.79 Å². The molecule has 396 valence electrons.